The molecule has 3 rings (SSSR count). The number of hydrogen-bond acceptors (Lipinski definition) is 4. The number of nitrogens with one attached hydrogen (secondary N) is 2. The maximum Gasteiger partial charge on any atom is 0.255 e. The molecule has 1 aliphatic heterocycles. The van der Waals surface area contributed by atoms with E-state index in [0.717, 1.165) is 0 Å². The second-order valence-corrected chi connectivity index (χ2v) is 8.19. The molecule has 0 aromatic heterocycles. The highest BCUT2D eigenvalue weighted by atomic mass is 32.2. The zero-order valence-electron chi connectivity index (χ0n) is 14.9. The van der Waals surface area contributed by atoms with Gasteiger partial charge in [-0.3, -0.25) is 13.9 Å². The second kappa shape index (κ2) is 7.79. The molecule has 0 aliphatic carbocycles. The van der Waals surface area contributed by atoms with Crippen molar-refractivity contribution in [1.29, 1.82) is 0 Å². The normalized spacial score (nSPS) is 15.4. The van der Waals surface area contributed by atoms with Gasteiger partial charge in [-0.25, -0.2) is 8.42 Å². The van der Waals surface area contributed by atoms with Gasteiger partial charge in [-0.15, -0.1) is 0 Å². The van der Waals surface area contributed by atoms with Gasteiger partial charge in [0.05, 0.1) is 11.4 Å². The van der Waals surface area contributed by atoms with E-state index >= 15 is 0 Å². The summed E-state index contributed by atoms with van der Waals surface area (Å²) in [4.78, 5) is 24.1. The largest absolute Gasteiger partial charge is 0.352 e. The molecule has 2 aromatic carbocycles. The van der Waals surface area contributed by atoms with Crippen molar-refractivity contribution in [2.24, 2.45) is 0 Å². The summed E-state index contributed by atoms with van der Waals surface area (Å²) in [5.41, 5.74) is 2.07. The summed E-state index contributed by atoms with van der Waals surface area (Å²) in [6.45, 7) is 2.86. The average Bonchev–Trinajstić information content (AvgIpc) is 3.01. The Bertz CT molecular complexity index is 938. The van der Waals surface area contributed by atoms with Crippen LogP contribution in [-0.2, 0) is 10.0 Å². The Hall–Kier alpha value is -2.87. The van der Waals surface area contributed by atoms with Crippen LogP contribution in [0.15, 0.2) is 48.5 Å². The third kappa shape index (κ3) is 4.28. The molecule has 1 aliphatic rings. The fourth-order valence-corrected chi connectivity index (χ4v) is 4.44. The Labute approximate surface area is 158 Å². The zero-order valence-corrected chi connectivity index (χ0v) is 15.8. The Morgan fingerprint density at radius 1 is 0.963 bits per heavy atom. The highest BCUT2D eigenvalue weighted by Gasteiger charge is 2.28. The number of rotatable bonds is 5. The minimum Gasteiger partial charge on any atom is -0.352 e. The minimum atomic E-state index is -3.24. The molecule has 0 saturated carbocycles. The quantitative estimate of drug-likeness (QED) is 0.822. The summed E-state index contributed by atoms with van der Waals surface area (Å²) >= 11 is 0. The Morgan fingerprint density at radius 3 is 2.11 bits per heavy atom. The molecule has 0 bridgehead atoms. The third-order valence-electron chi connectivity index (χ3n) is 4.26. The number of amides is 2. The number of anilines is 2. The lowest BCUT2D eigenvalue weighted by Crippen LogP contribution is -2.25. The van der Waals surface area contributed by atoms with Crippen LogP contribution in [0.4, 0.5) is 11.4 Å². The predicted molar refractivity (Wildman–Crippen MR) is 105 cm³/mol. The van der Waals surface area contributed by atoms with Gasteiger partial charge in [0.2, 0.25) is 10.0 Å². The predicted octanol–water partition coefficient (Wildman–Crippen LogP) is 2.23. The Balaban J connectivity index is 1.67. The van der Waals surface area contributed by atoms with Gasteiger partial charge in [-0.05, 0) is 61.9 Å². The molecular formula is C19H21N3O4S. The number of nitrogens with zero attached hydrogens (tertiary/aromatic N) is 1. The fraction of sp³-hybridized carbons (Fsp3) is 0.263. The van der Waals surface area contributed by atoms with E-state index in [2.05, 4.69) is 10.6 Å². The van der Waals surface area contributed by atoms with Crippen LogP contribution in [0.25, 0.3) is 0 Å². The SMILES string of the molecule is CCNC(=O)c1ccc(NC(=O)c2ccc(N3CCCS3(=O)=O)cc2)cc1. The van der Waals surface area contributed by atoms with Crippen molar-refractivity contribution in [1.82, 2.24) is 5.32 Å². The zero-order chi connectivity index (χ0) is 19.4. The first-order valence-electron chi connectivity index (χ1n) is 8.71. The standard InChI is InChI=1S/C19H21N3O4S/c1-2-20-18(23)14-4-8-16(9-5-14)21-19(24)15-6-10-17(11-7-15)22-12-3-13-27(22,25)26/h4-11H,2-3,12-13H2,1H3,(H,20,23)(H,21,24). The van der Waals surface area contributed by atoms with E-state index in [1.54, 1.807) is 48.5 Å². The van der Waals surface area contributed by atoms with Crippen molar-refractivity contribution in [2.75, 3.05) is 28.5 Å². The summed E-state index contributed by atoms with van der Waals surface area (Å²) in [5, 5.41) is 5.47. The first kappa shape index (κ1) is 18.9. The second-order valence-electron chi connectivity index (χ2n) is 6.18. The summed E-state index contributed by atoms with van der Waals surface area (Å²) in [5.74, 6) is -0.318. The fourth-order valence-electron chi connectivity index (χ4n) is 2.88. The lowest BCUT2D eigenvalue weighted by Gasteiger charge is -2.17. The van der Waals surface area contributed by atoms with Crippen LogP contribution in [0.1, 0.15) is 34.1 Å². The molecule has 0 radical (unpaired) electrons. The first-order chi connectivity index (χ1) is 12.9. The lowest BCUT2D eigenvalue weighted by molar-refractivity contribution is 0.0955. The molecule has 1 fully saturated rings. The molecule has 8 heteroatoms. The summed E-state index contributed by atoms with van der Waals surface area (Å²) in [6.07, 6.45) is 0.608. The van der Waals surface area contributed by atoms with E-state index in [9.17, 15) is 18.0 Å². The highest BCUT2D eigenvalue weighted by molar-refractivity contribution is 7.93. The van der Waals surface area contributed by atoms with Gasteiger partial charge < -0.3 is 10.6 Å². The molecule has 142 valence electrons. The number of carbonyl (C=O) groups is 2. The average molecular weight is 387 g/mol. The van der Waals surface area contributed by atoms with E-state index in [1.807, 2.05) is 6.92 Å². The van der Waals surface area contributed by atoms with Crippen molar-refractivity contribution < 1.29 is 18.0 Å². The molecule has 7 nitrogen and oxygen atoms in total. The van der Waals surface area contributed by atoms with Gasteiger partial charge in [0.15, 0.2) is 0 Å². The third-order valence-corrected chi connectivity index (χ3v) is 6.13. The van der Waals surface area contributed by atoms with E-state index in [-0.39, 0.29) is 17.6 Å². The molecular weight excluding hydrogens is 366 g/mol. The van der Waals surface area contributed by atoms with Gasteiger partial charge in [0.1, 0.15) is 0 Å². The maximum absolute atomic E-state index is 12.4. The van der Waals surface area contributed by atoms with E-state index in [1.165, 1.54) is 4.31 Å². The minimum absolute atomic E-state index is 0.154. The van der Waals surface area contributed by atoms with Gasteiger partial charge >= 0.3 is 0 Å². The molecule has 1 saturated heterocycles. The molecule has 2 N–H and O–H groups in total. The van der Waals surface area contributed by atoms with Gasteiger partial charge in [0, 0.05) is 29.9 Å². The molecule has 27 heavy (non-hydrogen) atoms. The van der Waals surface area contributed by atoms with Crippen molar-refractivity contribution in [3.05, 3.63) is 59.7 Å². The molecule has 0 spiro atoms. The van der Waals surface area contributed by atoms with Gasteiger partial charge in [-0.1, -0.05) is 0 Å². The van der Waals surface area contributed by atoms with Crippen LogP contribution in [0.3, 0.4) is 0 Å². The molecule has 1 heterocycles. The smallest absolute Gasteiger partial charge is 0.255 e. The van der Waals surface area contributed by atoms with Crippen LogP contribution < -0.4 is 14.9 Å². The molecule has 0 atom stereocenters. The van der Waals surface area contributed by atoms with Gasteiger partial charge in [0.25, 0.3) is 11.8 Å². The Morgan fingerprint density at radius 2 is 1.56 bits per heavy atom. The van der Waals surface area contributed by atoms with Crippen molar-refractivity contribution in [3.8, 4) is 0 Å². The van der Waals surface area contributed by atoms with Crippen LogP contribution in [-0.4, -0.2) is 39.1 Å². The number of carbonyl (C=O) groups excluding carboxylic acids is 2. The first-order valence-corrected chi connectivity index (χ1v) is 10.3. The van der Waals surface area contributed by atoms with Crippen LogP contribution >= 0.6 is 0 Å². The number of hydrogen-bond donors (Lipinski definition) is 2. The van der Waals surface area contributed by atoms with Crippen LogP contribution in [0.5, 0.6) is 0 Å². The van der Waals surface area contributed by atoms with Crippen molar-refractivity contribution >= 4 is 33.2 Å². The summed E-state index contributed by atoms with van der Waals surface area (Å²) < 4.78 is 25.3. The number of sulfonamides is 1. The number of benzene rings is 2. The van der Waals surface area contributed by atoms with E-state index < -0.39 is 10.0 Å². The lowest BCUT2D eigenvalue weighted by atomic mass is 10.1. The van der Waals surface area contributed by atoms with Crippen LogP contribution in [0.2, 0.25) is 0 Å². The van der Waals surface area contributed by atoms with E-state index in [0.29, 0.717) is 42.0 Å². The summed E-state index contributed by atoms with van der Waals surface area (Å²) in [6, 6.07) is 13.1. The van der Waals surface area contributed by atoms with Crippen molar-refractivity contribution in [3.63, 3.8) is 0 Å². The topological polar surface area (TPSA) is 95.6 Å². The summed E-state index contributed by atoms with van der Waals surface area (Å²) in [7, 11) is -3.24. The van der Waals surface area contributed by atoms with Gasteiger partial charge in [-0.2, -0.15) is 0 Å². The maximum atomic E-state index is 12.4. The van der Waals surface area contributed by atoms with Crippen molar-refractivity contribution in [2.45, 2.75) is 13.3 Å². The Kier molecular flexibility index (Phi) is 5.46. The monoisotopic (exact) mass is 387 g/mol. The van der Waals surface area contributed by atoms with Crippen LogP contribution in [0, 0.1) is 0 Å². The molecule has 0 unspecified atom stereocenters. The van der Waals surface area contributed by atoms with E-state index in [4.69, 9.17) is 0 Å². The highest BCUT2D eigenvalue weighted by Crippen LogP contribution is 2.24. The molecule has 2 amide bonds. The molecule has 2 aromatic rings.